The van der Waals surface area contributed by atoms with Gasteiger partial charge in [-0.3, -0.25) is 0 Å². The molecule has 0 aliphatic carbocycles. The van der Waals surface area contributed by atoms with Crippen molar-refractivity contribution in [2.45, 2.75) is 13.8 Å². The van der Waals surface area contributed by atoms with Crippen molar-refractivity contribution in [3.05, 3.63) is 24.0 Å². The molecule has 0 spiro atoms. The predicted molar refractivity (Wildman–Crippen MR) is 53.5 cm³/mol. The van der Waals surface area contributed by atoms with Gasteiger partial charge in [-0.1, -0.05) is 6.92 Å². The number of nitrogens with zero attached hydrogens (tertiary/aromatic N) is 1. The van der Waals surface area contributed by atoms with Crippen LogP contribution in [0.1, 0.15) is 13.8 Å². The summed E-state index contributed by atoms with van der Waals surface area (Å²) in [6, 6.07) is 0. The minimum Gasteiger partial charge on any atom is -0.458 e. The SMILES string of the molecule is CC1=C[N+](C)(C(O)=S)C=CC1C. The summed E-state index contributed by atoms with van der Waals surface area (Å²) >= 11 is 4.75. The molecule has 0 aromatic heterocycles. The fraction of sp³-hybridized carbons (Fsp3) is 0.444. The number of aliphatic hydroxyl groups is 1. The highest BCUT2D eigenvalue weighted by Gasteiger charge is 2.27. The molecule has 2 unspecified atom stereocenters. The van der Waals surface area contributed by atoms with Crippen molar-refractivity contribution in [2.24, 2.45) is 5.92 Å². The molecule has 0 bridgehead atoms. The summed E-state index contributed by atoms with van der Waals surface area (Å²) in [7, 11) is 1.86. The molecule has 0 saturated heterocycles. The van der Waals surface area contributed by atoms with Crippen LogP contribution >= 0.6 is 12.2 Å². The highest BCUT2D eigenvalue weighted by atomic mass is 32.1. The number of rotatable bonds is 0. The lowest BCUT2D eigenvalue weighted by Crippen LogP contribution is -2.39. The molecule has 2 atom stereocenters. The van der Waals surface area contributed by atoms with Crippen LogP contribution in [0.3, 0.4) is 0 Å². The summed E-state index contributed by atoms with van der Waals surface area (Å²) in [5, 5.41) is 9.23. The highest BCUT2D eigenvalue weighted by molar-refractivity contribution is 7.79. The Hall–Kier alpha value is -0.670. The first-order valence-corrected chi connectivity index (χ1v) is 4.34. The molecule has 1 aliphatic heterocycles. The van der Waals surface area contributed by atoms with Crippen LogP contribution in [-0.4, -0.2) is 21.8 Å². The maximum Gasteiger partial charge on any atom is 0.369 e. The average Bonchev–Trinajstić information content (AvgIpc) is 1.97. The number of hydrogen-bond acceptors (Lipinski definition) is 1. The average molecular weight is 184 g/mol. The van der Waals surface area contributed by atoms with Crippen LogP contribution < -0.4 is 0 Å². The number of thiocarbonyl (C=S) groups is 1. The van der Waals surface area contributed by atoms with E-state index in [2.05, 4.69) is 13.0 Å². The quantitative estimate of drug-likeness (QED) is 0.460. The topological polar surface area (TPSA) is 20.2 Å². The van der Waals surface area contributed by atoms with Gasteiger partial charge in [0.2, 0.25) is 0 Å². The molecule has 66 valence electrons. The molecule has 12 heavy (non-hydrogen) atoms. The molecule has 0 radical (unpaired) electrons. The number of aliphatic hydroxyl groups excluding tert-OH is 1. The van der Waals surface area contributed by atoms with E-state index in [0.29, 0.717) is 5.92 Å². The zero-order valence-electron chi connectivity index (χ0n) is 7.61. The zero-order chi connectivity index (χ0) is 9.35. The summed E-state index contributed by atoms with van der Waals surface area (Å²) in [6.07, 6.45) is 5.92. The lowest BCUT2D eigenvalue weighted by atomic mass is 10.0. The first kappa shape index (κ1) is 9.42. The third kappa shape index (κ3) is 1.57. The minimum atomic E-state index is -0.0162. The van der Waals surface area contributed by atoms with Crippen LogP contribution in [0.2, 0.25) is 0 Å². The van der Waals surface area contributed by atoms with Gasteiger partial charge in [0.1, 0.15) is 12.4 Å². The van der Waals surface area contributed by atoms with Gasteiger partial charge in [-0.25, -0.2) is 4.48 Å². The Morgan fingerprint density at radius 2 is 2.25 bits per heavy atom. The molecule has 1 aliphatic rings. The van der Waals surface area contributed by atoms with E-state index >= 15 is 0 Å². The van der Waals surface area contributed by atoms with E-state index < -0.39 is 0 Å². The molecule has 0 amide bonds. The second-order valence-corrected chi connectivity index (χ2v) is 3.80. The lowest BCUT2D eigenvalue weighted by Gasteiger charge is -2.26. The molecule has 0 saturated carbocycles. The summed E-state index contributed by atoms with van der Waals surface area (Å²) < 4.78 is 0.228. The molecular formula is C9H14NOS+. The molecule has 3 heteroatoms. The van der Waals surface area contributed by atoms with Gasteiger partial charge < -0.3 is 5.11 Å². The molecule has 0 aromatic rings. The fourth-order valence-electron chi connectivity index (χ4n) is 1.16. The van der Waals surface area contributed by atoms with E-state index in [4.69, 9.17) is 12.2 Å². The van der Waals surface area contributed by atoms with Gasteiger partial charge in [-0.05, 0) is 18.6 Å². The standard InChI is InChI=1S/C9H13NOS/c1-7-4-5-10(3,9(11)12)6-8(7)2/h4-7H,1-3H3/p+1. The third-order valence-corrected chi connectivity index (χ3v) is 2.68. The van der Waals surface area contributed by atoms with E-state index in [0.717, 1.165) is 0 Å². The summed E-state index contributed by atoms with van der Waals surface area (Å²) in [5.74, 6) is 0.450. The first-order valence-electron chi connectivity index (χ1n) is 3.94. The normalized spacial score (nSPS) is 34.6. The van der Waals surface area contributed by atoms with Crippen LogP contribution in [-0.2, 0) is 0 Å². The minimum absolute atomic E-state index is 0.0162. The monoisotopic (exact) mass is 184 g/mol. The molecule has 1 rings (SSSR count). The number of quaternary nitrogens is 1. The Morgan fingerprint density at radius 1 is 1.67 bits per heavy atom. The maximum atomic E-state index is 9.25. The smallest absolute Gasteiger partial charge is 0.369 e. The van der Waals surface area contributed by atoms with Gasteiger partial charge in [0.15, 0.2) is 0 Å². The van der Waals surface area contributed by atoms with Gasteiger partial charge >= 0.3 is 5.17 Å². The molecule has 1 heterocycles. The lowest BCUT2D eigenvalue weighted by molar-refractivity contribution is -0.716. The fourth-order valence-corrected chi connectivity index (χ4v) is 1.28. The second-order valence-electron chi connectivity index (χ2n) is 3.43. The van der Waals surface area contributed by atoms with Gasteiger partial charge in [0, 0.05) is 18.1 Å². The van der Waals surface area contributed by atoms with E-state index in [1.54, 1.807) is 0 Å². The Kier molecular flexibility index (Phi) is 2.35. The van der Waals surface area contributed by atoms with Crippen LogP contribution in [0.25, 0.3) is 0 Å². The Bertz CT molecular complexity index is 270. The molecule has 1 N–H and O–H groups in total. The van der Waals surface area contributed by atoms with E-state index in [9.17, 15) is 5.11 Å². The van der Waals surface area contributed by atoms with E-state index in [1.165, 1.54) is 5.57 Å². The number of hydrogen-bond donors (Lipinski definition) is 1. The zero-order valence-corrected chi connectivity index (χ0v) is 8.43. The van der Waals surface area contributed by atoms with E-state index in [1.807, 2.05) is 26.4 Å². The summed E-state index contributed by atoms with van der Waals surface area (Å²) in [5.41, 5.74) is 1.23. The van der Waals surface area contributed by atoms with Crippen molar-refractivity contribution in [1.82, 2.24) is 0 Å². The molecule has 0 fully saturated rings. The van der Waals surface area contributed by atoms with Crippen molar-refractivity contribution in [1.29, 1.82) is 0 Å². The highest BCUT2D eigenvalue weighted by Crippen LogP contribution is 2.22. The second kappa shape index (κ2) is 2.99. The van der Waals surface area contributed by atoms with Gasteiger partial charge in [0.05, 0.1) is 7.05 Å². The maximum absolute atomic E-state index is 9.25. The summed E-state index contributed by atoms with van der Waals surface area (Å²) in [6.45, 7) is 4.16. The van der Waals surface area contributed by atoms with Crippen molar-refractivity contribution in [2.75, 3.05) is 7.05 Å². The predicted octanol–water partition coefficient (Wildman–Crippen LogP) is 2.34. The van der Waals surface area contributed by atoms with Crippen LogP contribution in [0.5, 0.6) is 0 Å². The van der Waals surface area contributed by atoms with Crippen molar-refractivity contribution in [3.8, 4) is 0 Å². The Morgan fingerprint density at radius 3 is 2.67 bits per heavy atom. The van der Waals surface area contributed by atoms with E-state index in [-0.39, 0.29) is 9.66 Å². The first-order chi connectivity index (χ1) is 5.46. The Balaban J connectivity index is 2.99. The molecule has 2 nitrogen and oxygen atoms in total. The summed E-state index contributed by atoms with van der Waals surface area (Å²) in [4.78, 5) is 0. The van der Waals surface area contributed by atoms with Crippen molar-refractivity contribution >= 4 is 17.4 Å². The van der Waals surface area contributed by atoms with Crippen LogP contribution in [0.4, 0.5) is 0 Å². The molecular weight excluding hydrogens is 170 g/mol. The van der Waals surface area contributed by atoms with Crippen molar-refractivity contribution in [3.63, 3.8) is 0 Å². The number of allylic oxidation sites excluding steroid dienone is 2. The van der Waals surface area contributed by atoms with Gasteiger partial charge in [-0.15, -0.1) is 0 Å². The largest absolute Gasteiger partial charge is 0.458 e. The Labute approximate surface area is 78.4 Å². The van der Waals surface area contributed by atoms with Crippen LogP contribution in [0, 0.1) is 5.92 Å². The van der Waals surface area contributed by atoms with Gasteiger partial charge in [-0.2, -0.15) is 0 Å². The third-order valence-electron chi connectivity index (χ3n) is 2.29. The van der Waals surface area contributed by atoms with Crippen LogP contribution in [0.15, 0.2) is 24.0 Å². The van der Waals surface area contributed by atoms with Gasteiger partial charge in [0.25, 0.3) is 0 Å². The molecule has 0 aromatic carbocycles. The van der Waals surface area contributed by atoms with Crippen molar-refractivity contribution < 1.29 is 9.59 Å².